The Bertz CT molecular complexity index is 1360. The number of rotatable bonds is 4. The number of hydrogen-bond acceptors (Lipinski definition) is 5. The van der Waals surface area contributed by atoms with Crippen LogP contribution in [0, 0.1) is 5.82 Å². The zero-order chi connectivity index (χ0) is 24.6. The Labute approximate surface area is 201 Å². The second-order valence-electron chi connectivity index (χ2n) is 7.77. The summed E-state index contributed by atoms with van der Waals surface area (Å²) in [5.74, 6) is -0.444. The van der Waals surface area contributed by atoms with Crippen LogP contribution < -0.4 is 10.7 Å². The van der Waals surface area contributed by atoms with Crippen LogP contribution in [0.2, 0.25) is 0 Å². The Morgan fingerprint density at radius 1 is 0.971 bits per heavy atom. The SMILES string of the molecule is O=C(Nc1cccc(C(F)(F)F)c1)[C@H]1Sc2nnc(-c3ccccc3)n2N[C@H]1c1ccc(F)cc1. The topological polar surface area (TPSA) is 71.8 Å². The second kappa shape index (κ2) is 9.06. The molecule has 1 aliphatic rings. The molecule has 0 saturated carbocycles. The Hall–Kier alpha value is -3.86. The summed E-state index contributed by atoms with van der Waals surface area (Å²) in [5, 5.41) is 10.6. The van der Waals surface area contributed by atoms with Gasteiger partial charge in [0.2, 0.25) is 11.1 Å². The van der Waals surface area contributed by atoms with Gasteiger partial charge in [0.15, 0.2) is 5.82 Å². The number of halogens is 4. The Balaban J connectivity index is 1.49. The van der Waals surface area contributed by atoms with Crippen LogP contribution in [0.4, 0.5) is 23.2 Å². The number of benzene rings is 3. The highest BCUT2D eigenvalue weighted by Gasteiger charge is 2.38. The molecule has 4 aromatic rings. The fourth-order valence-electron chi connectivity index (χ4n) is 3.74. The van der Waals surface area contributed by atoms with Crippen molar-refractivity contribution in [2.45, 2.75) is 22.6 Å². The molecule has 178 valence electrons. The van der Waals surface area contributed by atoms with E-state index in [4.69, 9.17) is 0 Å². The molecule has 0 spiro atoms. The summed E-state index contributed by atoms with van der Waals surface area (Å²) in [6, 6.07) is 18.7. The maximum Gasteiger partial charge on any atom is 0.416 e. The molecule has 0 bridgehead atoms. The van der Waals surface area contributed by atoms with Crippen molar-refractivity contribution >= 4 is 23.4 Å². The third kappa shape index (κ3) is 4.72. The lowest BCUT2D eigenvalue weighted by Crippen LogP contribution is -2.41. The summed E-state index contributed by atoms with van der Waals surface area (Å²) in [7, 11) is 0. The van der Waals surface area contributed by atoms with Gasteiger partial charge in [-0.2, -0.15) is 13.2 Å². The van der Waals surface area contributed by atoms with E-state index in [0.29, 0.717) is 16.5 Å². The van der Waals surface area contributed by atoms with E-state index in [2.05, 4.69) is 20.9 Å². The molecule has 35 heavy (non-hydrogen) atoms. The molecule has 0 aliphatic carbocycles. The van der Waals surface area contributed by atoms with Gasteiger partial charge >= 0.3 is 6.18 Å². The van der Waals surface area contributed by atoms with Gasteiger partial charge in [-0.25, -0.2) is 9.07 Å². The fourth-order valence-corrected chi connectivity index (χ4v) is 4.82. The van der Waals surface area contributed by atoms with E-state index in [9.17, 15) is 22.4 Å². The number of aromatic nitrogens is 3. The number of amides is 1. The molecule has 1 aliphatic heterocycles. The number of hydrogen-bond donors (Lipinski definition) is 2. The summed E-state index contributed by atoms with van der Waals surface area (Å²) in [6.07, 6.45) is -4.54. The predicted octanol–water partition coefficient (Wildman–Crippen LogP) is 5.50. The Morgan fingerprint density at radius 3 is 2.43 bits per heavy atom. The van der Waals surface area contributed by atoms with Crippen LogP contribution >= 0.6 is 11.8 Å². The van der Waals surface area contributed by atoms with Gasteiger partial charge in [-0.3, -0.25) is 4.79 Å². The maximum atomic E-state index is 13.6. The Morgan fingerprint density at radius 2 is 1.71 bits per heavy atom. The number of nitrogens with one attached hydrogen (secondary N) is 2. The van der Waals surface area contributed by atoms with E-state index >= 15 is 0 Å². The number of fused-ring (bicyclic) bond motifs is 1. The van der Waals surface area contributed by atoms with Gasteiger partial charge in [0.25, 0.3) is 0 Å². The molecule has 1 aromatic heterocycles. The summed E-state index contributed by atoms with van der Waals surface area (Å²) < 4.78 is 54.6. The van der Waals surface area contributed by atoms with Crippen molar-refractivity contribution in [2.24, 2.45) is 0 Å². The van der Waals surface area contributed by atoms with E-state index in [0.717, 1.165) is 29.5 Å². The molecule has 2 atom stereocenters. The van der Waals surface area contributed by atoms with Crippen molar-refractivity contribution in [3.63, 3.8) is 0 Å². The minimum Gasteiger partial charge on any atom is -0.325 e. The molecule has 5 rings (SSSR count). The minimum atomic E-state index is -4.54. The number of carbonyl (C=O) groups excluding carboxylic acids is 1. The van der Waals surface area contributed by atoms with Gasteiger partial charge in [0.1, 0.15) is 11.1 Å². The van der Waals surface area contributed by atoms with E-state index in [1.165, 1.54) is 24.3 Å². The van der Waals surface area contributed by atoms with Crippen molar-refractivity contribution in [1.82, 2.24) is 14.9 Å². The first-order valence-corrected chi connectivity index (χ1v) is 11.4. The number of anilines is 1. The standard InChI is InChI=1S/C24H17F4N5OS/c25-17-11-9-14(10-12-17)19-20(22(34)29-18-8-4-7-16(13-18)24(26,27)28)35-23-31-30-21(33(23)32-19)15-5-2-1-3-6-15/h1-13,19-20,32H,(H,29,34)/t19-,20-/m0/s1. The quantitative estimate of drug-likeness (QED) is 0.363. The van der Waals surface area contributed by atoms with Crippen LogP contribution in [-0.4, -0.2) is 26.0 Å². The predicted molar refractivity (Wildman–Crippen MR) is 124 cm³/mol. The van der Waals surface area contributed by atoms with Gasteiger partial charge in [-0.1, -0.05) is 60.3 Å². The molecule has 0 fully saturated rings. The number of alkyl halides is 3. The van der Waals surface area contributed by atoms with Crippen LogP contribution in [0.5, 0.6) is 0 Å². The minimum absolute atomic E-state index is 0.0142. The van der Waals surface area contributed by atoms with Gasteiger partial charge in [0.05, 0.1) is 11.6 Å². The lowest BCUT2D eigenvalue weighted by Gasteiger charge is -2.33. The van der Waals surface area contributed by atoms with E-state index in [1.54, 1.807) is 16.8 Å². The van der Waals surface area contributed by atoms with E-state index in [1.807, 2.05) is 30.3 Å². The fraction of sp³-hybridized carbons (Fsp3) is 0.125. The summed E-state index contributed by atoms with van der Waals surface area (Å²) in [4.78, 5) is 13.3. The second-order valence-corrected chi connectivity index (χ2v) is 8.88. The lowest BCUT2D eigenvalue weighted by atomic mass is 10.0. The first-order chi connectivity index (χ1) is 16.8. The monoisotopic (exact) mass is 499 g/mol. The number of carbonyl (C=O) groups is 1. The molecule has 2 N–H and O–H groups in total. The third-order valence-corrected chi connectivity index (χ3v) is 6.63. The smallest absolute Gasteiger partial charge is 0.325 e. The van der Waals surface area contributed by atoms with Crippen molar-refractivity contribution in [1.29, 1.82) is 0 Å². The summed E-state index contributed by atoms with van der Waals surface area (Å²) in [5.41, 5.74) is 3.79. The highest BCUT2D eigenvalue weighted by Crippen LogP contribution is 2.39. The van der Waals surface area contributed by atoms with Gasteiger partial charge in [-0.05, 0) is 35.9 Å². The molecule has 3 aromatic carbocycles. The molecule has 0 saturated heterocycles. The average molecular weight is 499 g/mol. The first-order valence-electron chi connectivity index (χ1n) is 10.5. The molecule has 1 amide bonds. The van der Waals surface area contributed by atoms with Crippen molar-refractivity contribution in [3.05, 3.63) is 95.8 Å². The maximum absolute atomic E-state index is 13.6. The number of nitrogens with zero attached hydrogens (tertiary/aromatic N) is 3. The van der Waals surface area contributed by atoms with Crippen molar-refractivity contribution in [3.8, 4) is 11.4 Å². The molecular formula is C24H17F4N5OS. The average Bonchev–Trinajstić information content (AvgIpc) is 3.27. The summed E-state index contributed by atoms with van der Waals surface area (Å²) in [6.45, 7) is 0. The van der Waals surface area contributed by atoms with E-state index in [-0.39, 0.29) is 5.69 Å². The molecule has 11 heteroatoms. The molecule has 6 nitrogen and oxygen atoms in total. The number of thioether (sulfide) groups is 1. The zero-order valence-electron chi connectivity index (χ0n) is 17.8. The highest BCUT2D eigenvalue weighted by atomic mass is 32.2. The summed E-state index contributed by atoms with van der Waals surface area (Å²) >= 11 is 1.12. The van der Waals surface area contributed by atoms with Gasteiger partial charge < -0.3 is 10.7 Å². The van der Waals surface area contributed by atoms with Crippen LogP contribution in [0.1, 0.15) is 17.2 Å². The van der Waals surface area contributed by atoms with Crippen molar-refractivity contribution in [2.75, 3.05) is 10.7 Å². The zero-order valence-corrected chi connectivity index (χ0v) is 18.6. The molecule has 0 unspecified atom stereocenters. The first kappa shape index (κ1) is 22.9. The normalized spacial score (nSPS) is 17.4. The third-order valence-electron chi connectivity index (χ3n) is 5.41. The highest BCUT2D eigenvalue weighted by molar-refractivity contribution is 8.00. The van der Waals surface area contributed by atoms with Crippen LogP contribution in [0.3, 0.4) is 0 Å². The molecule has 2 heterocycles. The van der Waals surface area contributed by atoms with Crippen molar-refractivity contribution < 1.29 is 22.4 Å². The van der Waals surface area contributed by atoms with Gasteiger partial charge in [0, 0.05) is 11.3 Å². The van der Waals surface area contributed by atoms with Crippen LogP contribution in [0.25, 0.3) is 11.4 Å². The molecular weight excluding hydrogens is 482 g/mol. The van der Waals surface area contributed by atoms with E-state index < -0.39 is 34.8 Å². The van der Waals surface area contributed by atoms with Crippen LogP contribution in [-0.2, 0) is 11.0 Å². The largest absolute Gasteiger partial charge is 0.416 e. The molecule has 0 radical (unpaired) electrons. The van der Waals surface area contributed by atoms with Gasteiger partial charge in [-0.15, -0.1) is 10.2 Å². The lowest BCUT2D eigenvalue weighted by molar-refractivity contribution is -0.137. The Kier molecular flexibility index (Phi) is 5.93. The van der Waals surface area contributed by atoms with Crippen LogP contribution in [0.15, 0.2) is 84.0 Å².